The highest BCUT2D eigenvalue weighted by Crippen LogP contribution is 2.19. The summed E-state index contributed by atoms with van der Waals surface area (Å²) in [5, 5.41) is 8.66. The van der Waals surface area contributed by atoms with Gasteiger partial charge in [-0.25, -0.2) is 0 Å². The number of halogens is 3. The third kappa shape index (κ3) is 8.15. The van der Waals surface area contributed by atoms with E-state index in [-0.39, 0.29) is 31.9 Å². The van der Waals surface area contributed by atoms with Crippen molar-refractivity contribution >= 4 is 5.78 Å². The van der Waals surface area contributed by atoms with Crippen LogP contribution in [-0.2, 0) is 4.79 Å². The van der Waals surface area contributed by atoms with Crippen LogP contribution in [-0.4, -0.2) is 48.2 Å². The van der Waals surface area contributed by atoms with Gasteiger partial charge in [0.2, 0.25) is 0 Å². The van der Waals surface area contributed by atoms with Gasteiger partial charge in [0.15, 0.2) is 0 Å². The third-order valence-corrected chi connectivity index (χ3v) is 2.31. The van der Waals surface area contributed by atoms with Crippen LogP contribution in [0.15, 0.2) is 0 Å². The van der Waals surface area contributed by atoms with Gasteiger partial charge < -0.3 is 5.11 Å². The normalized spacial score (nSPS) is 13.2. The highest BCUT2D eigenvalue weighted by Gasteiger charge is 2.31. The Morgan fingerprint density at radius 2 is 1.71 bits per heavy atom. The van der Waals surface area contributed by atoms with Crippen molar-refractivity contribution in [3.8, 4) is 0 Å². The van der Waals surface area contributed by atoms with Crippen LogP contribution in [0.3, 0.4) is 0 Å². The Labute approximate surface area is 99.6 Å². The van der Waals surface area contributed by atoms with Crippen molar-refractivity contribution in [1.82, 2.24) is 4.90 Å². The van der Waals surface area contributed by atoms with Gasteiger partial charge in [-0.2, -0.15) is 13.2 Å². The largest absolute Gasteiger partial charge is 0.401 e. The molecule has 0 spiro atoms. The van der Waals surface area contributed by atoms with Gasteiger partial charge >= 0.3 is 6.18 Å². The van der Waals surface area contributed by atoms with Crippen LogP contribution in [0.2, 0.25) is 0 Å². The maximum absolute atomic E-state index is 12.2. The van der Waals surface area contributed by atoms with E-state index >= 15 is 0 Å². The van der Waals surface area contributed by atoms with Crippen LogP contribution in [0.5, 0.6) is 0 Å². The first-order valence-corrected chi connectivity index (χ1v) is 5.49. The molecule has 0 aromatic carbocycles. The molecule has 0 saturated heterocycles. The van der Waals surface area contributed by atoms with Crippen molar-refractivity contribution in [2.24, 2.45) is 5.41 Å². The number of aliphatic hydroxyl groups is 1. The molecule has 3 nitrogen and oxygen atoms in total. The Hall–Kier alpha value is -0.620. The molecule has 0 unspecified atom stereocenters. The summed E-state index contributed by atoms with van der Waals surface area (Å²) in [6, 6.07) is 0. The minimum Gasteiger partial charge on any atom is -0.395 e. The predicted molar refractivity (Wildman–Crippen MR) is 58.7 cm³/mol. The van der Waals surface area contributed by atoms with Crippen molar-refractivity contribution < 1.29 is 23.1 Å². The molecule has 0 atom stereocenters. The number of alkyl halides is 3. The van der Waals surface area contributed by atoms with Crippen molar-refractivity contribution in [1.29, 1.82) is 0 Å². The molecule has 1 N–H and O–H groups in total. The molecular formula is C11H20F3NO2. The van der Waals surface area contributed by atoms with E-state index in [1.807, 2.05) is 0 Å². The molecule has 0 aliphatic rings. The third-order valence-electron chi connectivity index (χ3n) is 2.31. The van der Waals surface area contributed by atoms with Gasteiger partial charge in [-0.1, -0.05) is 20.8 Å². The van der Waals surface area contributed by atoms with E-state index in [0.717, 1.165) is 4.90 Å². The SMILES string of the molecule is CC(C)(C)C(=O)CCN(CCO)CC(F)(F)F. The molecule has 0 aliphatic heterocycles. The Bertz CT molecular complexity index is 246. The Morgan fingerprint density at radius 1 is 1.18 bits per heavy atom. The average Bonchev–Trinajstić information content (AvgIpc) is 2.10. The van der Waals surface area contributed by atoms with E-state index in [4.69, 9.17) is 5.11 Å². The summed E-state index contributed by atoms with van der Waals surface area (Å²) < 4.78 is 36.5. The molecule has 17 heavy (non-hydrogen) atoms. The molecule has 102 valence electrons. The Kier molecular flexibility index (Phi) is 6.12. The van der Waals surface area contributed by atoms with Gasteiger partial charge in [0, 0.05) is 24.9 Å². The number of aliphatic hydroxyl groups excluding tert-OH is 1. The van der Waals surface area contributed by atoms with Crippen LogP contribution >= 0.6 is 0 Å². The minimum absolute atomic E-state index is 0.0240. The quantitative estimate of drug-likeness (QED) is 0.787. The van der Waals surface area contributed by atoms with Crippen LogP contribution in [0.4, 0.5) is 13.2 Å². The highest BCUT2D eigenvalue weighted by atomic mass is 19.4. The van der Waals surface area contributed by atoms with Gasteiger partial charge in [0.05, 0.1) is 13.2 Å². The number of rotatable bonds is 6. The van der Waals surface area contributed by atoms with Gasteiger partial charge in [0.25, 0.3) is 0 Å². The summed E-state index contributed by atoms with van der Waals surface area (Å²) in [7, 11) is 0. The molecular weight excluding hydrogens is 235 g/mol. The Morgan fingerprint density at radius 3 is 2.06 bits per heavy atom. The van der Waals surface area contributed by atoms with Gasteiger partial charge in [-0.05, 0) is 0 Å². The zero-order chi connectivity index (χ0) is 13.7. The van der Waals surface area contributed by atoms with E-state index in [1.54, 1.807) is 20.8 Å². The molecule has 0 heterocycles. The summed E-state index contributed by atoms with van der Waals surface area (Å²) in [6.07, 6.45) is -4.24. The van der Waals surface area contributed by atoms with Gasteiger partial charge in [0.1, 0.15) is 5.78 Å². The lowest BCUT2D eigenvalue weighted by Crippen LogP contribution is -2.38. The summed E-state index contributed by atoms with van der Waals surface area (Å²) in [5.41, 5.74) is -0.539. The lowest BCUT2D eigenvalue weighted by Gasteiger charge is -2.24. The number of hydrogen-bond acceptors (Lipinski definition) is 3. The molecule has 0 fully saturated rings. The van der Waals surface area contributed by atoms with E-state index < -0.39 is 18.1 Å². The van der Waals surface area contributed by atoms with E-state index in [2.05, 4.69) is 0 Å². The number of Topliss-reactive ketones (excluding diaryl/α,β-unsaturated/α-hetero) is 1. The lowest BCUT2D eigenvalue weighted by molar-refractivity contribution is -0.148. The monoisotopic (exact) mass is 255 g/mol. The van der Waals surface area contributed by atoms with E-state index in [0.29, 0.717) is 0 Å². The standard InChI is InChI=1S/C11H20F3NO2/c1-10(2,3)9(17)4-5-15(6-7-16)8-11(12,13)14/h16H,4-8H2,1-3H3. The fraction of sp³-hybridized carbons (Fsp3) is 0.909. The molecule has 0 rings (SSSR count). The first-order valence-electron chi connectivity index (χ1n) is 5.49. The molecule has 0 radical (unpaired) electrons. The van der Waals surface area contributed by atoms with Crippen LogP contribution < -0.4 is 0 Å². The number of nitrogens with zero attached hydrogens (tertiary/aromatic N) is 1. The topological polar surface area (TPSA) is 40.5 Å². The molecule has 6 heteroatoms. The minimum atomic E-state index is -4.31. The van der Waals surface area contributed by atoms with E-state index in [1.165, 1.54) is 0 Å². The fourth-order valence-electron chi connectivity index (χ4n) is 1.30. The maximum Gasteiger partial charge on any atom is 0.401 e. The van der Waals surface area contributed by atoms with Crippen LogP contribution in [0.25, 0.3) is 0 Å². The second-order valence-corrected chi connectivity index (χ2v) is 5.04. The van der Waals surface area contributed by atoms with Crippen LogP contribution in [0, 0.1) is 5.41 Å². The van der Waals surface area contributed by atoms with Crippen molar-refractivity contribution in [3.63, 3.8) is 0 Å². The predicted octanol–water partition coefficient (Wildman–Crippen LogP) is 1.85. The number of carbonyl (C=O) groups is 1. The molecule has 0 aliphatic carbocycles. The Balaban J connectivity index is 4.23. The first kappa shape index (κ1) is 16.4. The number of carbonyl (C=O) groups excluding carboxylic acids is 1. The zero-order valence-electron chi connectivity index (χ0n) is 10.5. The zero-order valence-corrected chi connectivity index (χ0v) is 10.5. The molecule has 0 amide bonds. The second kappa shape index (κ2) is 6.35. The second-order valence-electron chi connectivity index (χ2n) is 5.04. The van der Waals surface area contributed by atoms with Crippen molar-refractivity contribution in [2.75, 3.05) is 26.2 Å². The van der Waals surface area contributed by atoms with Gasteiger partial charge in [-0.3, -0.25) is 9.69 Å². The lowest BCUT2D eigenvalue weighted by atomic mass is 9.89. The summed E-state index contributed by atoms with van der Waals surface area (Å²) in [6.45, 7) is 3.71. The molecule has 0 saturated carbocycles. The number of ketones is 1. The molecule has 0 aromatic heterocycles. The maximum atomic E-state index is 12.2. The summed E-state index contributed by atoms with van der Waals surface area (Å²) >= 11 is 0. The molecule has 0 aromatic rings. The van der Waals surface area contributed by atoms with Gasteiger partial charge in [-0.15, -0.1) is 0 Å². The van der Waals surface area contributed by atoms with Crippen molar-refractivity contribution in [2.45, 2.75) is 33.4 Å². The summed E-state index contributed by atoms with van der Waals surface area (Å²) in [4.78, 5) is 12.6. The van der Waals surface area contributed by atoms with E-state index in [9.17, 15) is 18.0 Å². The first-order chi connectivity index (χ1) is 7.56. The summed E-state index contributed by atoms with van der Waals surface area (Å²) in [5.74, 6) is -0.0809. The van der Waals surface area contributed by atoms with Crippen molar-refractivity contribution in [3.05, 3.63) is 0 Å². The highest BCUT2D eigenvalue weighted by molar-refractivity contribution is 5.83. The smallest absolute Gasteiger partial charge is 0.395 e. The van der Waals surface area contributed by atoms with Crippen LogP contribution in [0.1, 0.15) is 27.2 Å². The average molecular weight is 255 g/mol. The number of hydrogen-bond donors (Lipinski definition) is 1. The fourth-order valence-corrected chi connectivity index (χ4v) is 1.30. The molecule has 0 bridgehead atoms.